The predicted molar refractivity (Wildman–Crippen MR) is 96.2 cm³/mol. The van der Waals surface area contributed by atoms with Crippen molar-refractivity contribution in [3.63, 3.8) is 0 Å². The van der Waals surface area contributed by atoms with Gasteiger partial charge in [-0.2, -0.15) is 13.2 Å². The number of hydrogen-bond donors (Lipinski definition) is 2. The minimum Gasteiger partial charge on any atom is -0.368 e. The number of pyridine rings is 1. The molecule has 0 saturated carbocycles. The van der Waals surface area contributed by atoms with E-state index in [2.05, 4.69) is 15.6 Å². The molecule has 6 nitrogen and oxygen atoms in total. The van der Waals surface area contributed by atoms with Crippen molar-refractivity contribution in [2.24, 2.45) is 0 Å². The van der Waals surface area contributed by atoms with Gasteiger partial charge in [0.05, 0.1) is 16.8 Å². The van der Waals surface area contributed by atoms with Gasteiger partial charge in [0.1, 0.15) is 11.3 Å². The number of aromatic nitrogens is 1. The van der Waals surface area contributed by atoms with Crippen LogP contribution in [-0.4, -0.2) is 29.5 Å². The number of benzene rings is 1. The number of anilines is 2. The van der Waals surface area contributed by atoms with E-state index < -0.39 is 35.3 Å². The molecule has 1 aliphatic heterocycles. The first-order valence-corrected chi connectivity index (χ1v) is 8.69. The Hall–Kier alpha value is -2.65. The Kier molecular flexibility index (Phi) is 5.85. The molecule has 2 aromatic rings. The highest BCUT2D eigenvalue weighted by Crippen LogP contribution is 2.37. The van der Waals surface area contributed by atoms with Crippen LogP contribution in [0.15, 0.2) is 36.5 Å². The van der Waals surface area contributed by atoms with Gasteiger partial charge in [0.15, 0.2) is 0 Å². The van der Waals surface area contributed by atoms with Crippen molar-refractivity contribution < 1.29 is 27.5 Å². The molecule has 1 aromatic carbocycles. The molecule has 1 aromatic heterocycles. The van der Waals surface area contributed by atoms with E-state index in [1.54, 1.807) is 0 Å². The maximum atomic E-state index is 13.5. The third-order valence-corrected chi connectivity index (χ3v) is 4.37. The lowest BCUT2D eigenvalue weighted by Crippen LogP contribution is -2.27. The Morgan fingerprint density at radius 1 is 1.21 bits per heavy atom. The van der Waals surface area contributed by atoms with Gasteiger partial charge in [-0.1, -0.05) is 11.6 Å². The summed E-state index contributed by atoms with van der Waals surface area (Å²) in [7, 11) is 0. The summed E-state index contributed by atoms with van der Waals surface area (Å²) in [6.45, 7) is 0.438. The van der Waals surface area contributed by atoms with Crippen molar-refractivity contribution in [2.45, 2.75) is 25.1 Å². The van der Waals surface area contributed by atoms with Gasteiger partial charge in [-0.3, -0.25) is 9.59 Å². The topological polar surface area (TPSA) is 80.3 Å². The zero-order chi connectivity index (χ0) is 20.3. The summed E-state index contributed by atoms with van der Waals surface area (Å²) < 4.78 is 45.6. The monoisotopic (exact) mass is 413 g/mol. The van der Waals surface area contributed by atoms with Crippen molar-refractivity contribution in [3.05, 3.63) is 52.8 Å². The number of hydrogen-bond acceptors (Lipinski definition) is 4. The third-order valence-electron chi connectivity index (χ3n) is 4.07. The van der Waals surface area contributed by atoms with E-state index in [0.29, 0.717) is 19.4 Å². The number of ether oxygens (including phenoxy) is 1. The van der Waals surface area contributed by atoms with Crippen LogP contribution in [0.1, 0.15) is 28.8 Å². The van der Waals surface area contributed by atoms with Gasteiger partial charge in [0.2, 0.25) is 0 Å². The van der Waals surface area contributed by atoms with Crippen LogP contribution in [0.4, 0.5) is 24.5 Å². The van der Waals surface area contributed by atoms with E-state index >= 15 is 0 Å². The van der Waals surface area contributed by atoms with Crippen LogP contribution in [-0.2, 0) is 15.7 Å². The highest BCUT2D eigenvalue weighted by Gasteiger charge is 2.35. The quantitative estimate of drug-likeness (QED) is 0.739. The molecule has 28 heavy (non-hydrogen) atoms. The van der Waals surface area contributed by atoms with Gasteiger partial charge >= 0.3 is 6.18 Å². The lowest BCUT2D eigenvalue weighted by Gasteiger charge is -2.17. The van der Waals surface area contributed by atoms with Crippen LogP contribution >= 0.6 is 11.6 Å². The summed E-state index contributed by atoms with van der Waals surface area (Å²) in [5, 5.41) is 4.47. The number of rotatable bonds is 4. The van der Waals surface area contributed by atoms with Crippen molar-refractivity contribution in [2.75, 3.05) is 17.2 Å². The second-order valence-electron chi connectivity index (χ2n) is 6.04. The highest BCUT2D eigenvalue weighted by molar-refractivity contribution is 6.33. The summed E-state index contributed by atoms with van der Waals surface area (Å²) >= 11 is 5.81. The van der Waals surface area contributed by atoms with E-state index in [0.717, 1.165) is 12.1 Å². The fourth-order valence-corrected chi connectivity index (χ4v) is 2.92. The molecule has 2 N–H and O–H groups in total. The molecule has 3 rings (SSSR count). The van der Waals surface area contributed by atoms with Gasteiger partial charge in [-0.15, -0.1) is 0 Å². The van der Waals surface area contributed by atoms with E-state index in [1.807, 2.05) is 0 Å². The first-order valence-electron chi connectivity index (χ1n) is 8.31. The molecule has 0 radical (unpaired) electrons. The van der Waals surface area contributed by atoms with Crippen LogP contribution in [0.25, 0.3) is 0 Å². The number of alkyl halides is 3. The van der Waals surface area contributed by atoms with Gasteiger partial charge in [-0.05, 0) is 43.2 Å². The normalized spacial score (nSPS) is 16.6. The molecule has 1 fully saturated rings. The fourth-order valence-electron chi connectivity index (χ4n) is 2.72. The minimum absolute atomic E-state index is 0.0507. The number of carbonyl (C=O) groups is 2. The number of amides is 2. The Labute approximate surface area is 163 Å². The molecular weight excluding hydrogens is 399 g/mol. The molecule has 148 valence electrons. The molecule has 1 unspecified atom stereocenters. The van der Waals surface area contributed by atoms with E-state index in [-0.39, 0.29) is 16.4 Å². The second kappa shape index (κ2) is 8.15. The zero-order valence-electron chi connectivity index (χ0n) is 14.3. The van der Waals surface area contributed by atoms with Gasteiger partial charge in [-0.25, -0.2) is 4.98 Å². The summed E-state index contributed by atoms with van der Waals surface area (Å²) in [5.74, 6) is -1.34. The van der Waals surface area contributed by atoms with Crippen LogP contribution in [0.2, 0.25) is 5.15 Å². The van der Waals surface area contributed by atoms with Crippen LogP contribution in [0.5, 0.6) is 0 Å². The SMILES string of the molecule is O=C(Nc1ccc(NC(=O)C2CCCO2)cc1C(F)(F)F)c1cccnc1Cl. The molecule has 2 amide bonds. The van der Waals surface area contributed by atoms with Gasteiger partial charge in [0.25, 0.3) is 11.8 Å². The minimum atomic E-state index is -4.76. The molecule has 0 bridgehead atoms. The zero-order valence-corrected chi connectivity index (χ0v) is 15.1. The smallest absolute Gasteiger partial charge is 0.368 e. The first-order chi connectivity index (χ1) is 13.3. The van der Waals surface area contributed by atoms with Gasteiger partial charge in [0, 0.05) is 18.5 Å². The lowest BCUT2D eigenvalue weighted by molar-refractivity contribution is -0.137. The summed E-state index contributed by atoms with van der Waals surface area (Å²) in [5.41, 5.74) is -1.68. The Morgan fingerprint density at radius 3 is 2.64 bits per heavy atom. The maximum Gasteiger partial charge on any atom is 0.418 e. The Balaban J connectivity index is 1.84. The summed E-state index contributed by atoms with van der Waals surface area (Å²) in [4.78, 5) is 28.0. The standard InChI is InChI=1S/C18H15ClF3N3O3/c19-15-11(3-1-7-23-15)16(26)25-13-6-5-10(9-12(13)18(20,21)22)24-17(27)14-4-2-8-28-14/h1,3,5-7,9,14H,2,4,8H2,(H,24,27)(H,25,26). The lowest BCUT2D eigenvalue weighted by atomic mass is 10.1. The molecule has 10 heteroatoms. The van der Waals surface area contributed by atoms with Crippen molar-refractivity contribution in [1.82, 2.24) is 4.98 Å². The second-order valence-corrected chi connectivity index (χ2v) is 6.40. The molecule has 0 spiro atoms. The largest absolute Gasteiger partial charge is 0.418 e. The van der Waals surface area contributed by atoms with Crippen LogP contribution in [0.3, 0.4) is 0 Å². The first kappa shape index (κ1) is 20.1. The number of halogens is 4. The Bertz CT molecular complexity index is 899. The summed E-state index contributed by atoms with van der Waals surface area (Å²) in [6, 6.07) is 5.87. The molecule has 2 heterocycles. The maximum absolute atomic E-state index is 13.5. The van der Waals surface area contributed by atoms with E-state index in [1.165, 1.54) is 24.4 Å². The third kappa shape index (κ3) is 4.60. The molecule has 1 atom stereocenters. The average molecular weight is 414 g/mol. The number of nitrogens with zero attached hydrogens (tertiary/aromatic N) is 1. The summed E-state index contributed by atoms with van der Waals surface area (Å²) in [6.07, 6.45) is -2.86. The van der Waals surface area contributed by atoms with Crippen molar-refractivity contribution in [3.8, 4) is 0 Å². The van der Waals surface area contributed by atoms with E-state index in [9.17, 15) is 22.8 Å². The number of nitrogens with one attached hydrogen (secondary N) is 2. The van der Waals surface area contributed by atoms with Crippen LogP contribution < -0.4 is 10.6 Å². The highest BCUT2D eigenvalue weighted by atomic mass is 35.5. The Morgan fingerprint density at radius 2 is 2.00 bits per heavy atom. The molecule has 1 aliphatic rings. The number of carbonyl (C=O) groups excluding carboxylic acids is 2. The predicted octanol–water partition coefficient (Wildman–Crippen LogP) is 4.12. The molecule has 1 saturated heterocycles. The van der Waals surface area contributed by atoms with Crippen molar-refractivity contribution >= 4 is 34.8 Å². The van der Waals surface area contributed by atoms with Crippen molar-refractivity contribution in [1.29, 1.82) is 0 Å². The average Bonchev–Trinajstić information content (AvgIpc) is 3.17. The van der Waals surface area contributed by atoms with Crippen LogP contribution in [0, 0.1) is 0 Å². The van der Waals surface area contributed by atoms with Gasteiger partial charge < -0.3 is 15.4 Å². The molecule has 0 aliphatic carbocycles. The fraction of sp³-hybridized carbons (Fsp3) is 0.278. The molecular formula is C18H15ClF3N3O3. The van der Waals surface area contributed by atoms with E-state index in [4.69, 9.17) is 16.3 Å².